The van der Waals surface area contributed by atoms with Gasteiger partial charge in [0.2, 0.25) is 0 Å². The van der Waals surface area contributed by atoms with Crippen LogP contribution in [0.2, 0.25) is 5.02 Å². The second kappa shape index (κ2) is 8.66. The van der Waals surface area contributed by atoms with E-state index in [1.807, 2.05) is 43.3 Å². The number of imide groups is 1. The van der Waals surface area contributed by atoms with E-state index in [1.54, 1.807) is 43.5 Å². The largest absolute Gasteiger partial charge is 0.497 e. The van der Waals surface area contributed by atoms with Gasteiger partial charge in [-0.3, -0.25) is 14.5 Å². The lowest BCUT2D eigenvalue weighted by molar-refractivity contribution is -0.137. The lowest BCUT2D eigenvalue weighted by atomic mass is 10.0. The number of amides is 2. The summed E-state index contributed by atoms with van der Waals surface area (Å²) in [6, 6.07) is 21.8. The van der Waals surface area contributed by atoms with Crippen LogP contribution in [0.5, 0.6) is 5.75 Å². The average Bonchev–Trinajstić information content (AvgIpc) is 3.01. The number of para-hydroxylation sites is 1. The standard InChI is InChI=1S/C25H21ClN2O3/c1-16-5-3-4-6-21(16)27-23-22(18-9-13-20(31-2)14-10-18)24(29)28(25(23)30)15-17-7-11-19(26)12-8-17/h3-14,27H,15H2,1-2H3. The molecular weight excluding hydrogens is 412 g/mol. The van der Waals surface area contributed by atoms with Crippen molar-refractivity contribution in [3.8, 4) is 5.75 Å². The van der Waals surface area contributed by atoms with Crippen LogP contribution in [0.1, 0.15) is 16.7 Å². The Balaban J connectivity index is 1.74. The first kappa shape index (κ1) is 20.7. The fraction of sp³-hybridized carbons (Fsp3) is 0.120. The highest BCUT2D eigenvalue weighted by molar-refractivity contribution is 6.36. The number of benzene rings is 3. The molecule has 3 aromatic rings. The fourth-order valence-corrected chi connectivity index (χ4v) is 3.61. The van der Waals surface area contributed by atoms with E-state index in [-0.39, 0.29) is 24.1 Å². The van der Waals surface area contributed by atoms with Gasteiger partial charge in [0.1, 0.15) is 11.4 Å². The molecule has 0 atom stereocenters. The molecule has 3 aromatic carbocycles. The summed E-state index contributed by atoms with van der Waals surface area (Å²) < 4.78 is 5.22. The van der Waals surface area contributed by atoms with Gasteiger partial charge in [0.05, 0.1) is 19.2 Å². The van der Waals surface area contributed by atoms with E-state index in [1.165, 1.54) is 4.90 Å². The predicted molar refractivity (Wildman–Crippen MR) is 122 cm³/mol. The monoisotopic (exact) mass is 432 g/mol. The van der Waals surface area contributed by atoms with E-state index in [0.29, 0.717) is 21.9 Å². The first-order valence-electron chi connectivity index (χ1n) is 9.80. The smallest absolute Gasteiger partial charge is 0.278 e. The van der Waals surface area contributed by atoms with Gasteiger partial charge >= 0.3 is 0 Å². The summed E-state index contributed by atoms with van der Waals surface area (Å²) in [6.07, 6.45) is 0. The van der Waals surface area contributed by atoms with E-state index in [9.17, 15) is 9.59 Å². The number of carbonyl (C=O) groups is 2. The van der Waals surface area contributed by atoms with Crippen molar-refractivity contribution in [2.75, 3.05) is 12.4 Å². The lowest BCUT2D eigenvalue weighted by Gasteiger charge is -2.16. The molecule has 31 heavy (non-hydrogen) atoms. The highest BCUT2D eigenvalue weighted by Crippen LogP contribution is 2.33. The van der Waals surface area contributed by atoms with Crippen LogP contribution in [-0.2, 0) is 16.1 Å². The minimum atomic E-state index is -0.367. The van der Waals surface area contributed by atoms with Crippen molar-refractivity contribution >= 4 is 34.7 Å². The molecule has 0 spiro atoms. The maximum absolute atomic E-state index is 13.4. The third-order valence-electron chi connectivity index (χ3n) is 5.21. The zero-order valence-corrected chi connectivity index (χ0v) is 17.9. The first-order chi connectivity index (χ1) is 15.0. The number of hydrogen-bond acceptors (Lipinski definition) is 4. The van der Waals surface area contributed by atoms with Crippen molar-refractivity contribution < 1.29 is 14.3 Å². The van der Waals surface area contributed by atoms with Gasteiger partial charge < -0.3 is 10.1 Å². The molecule has 0 fully saturated rings. The number of carbonyl (C=O) groups excluding carboxylic acids is 2. The van der Waals surface area contributed by atoms with Gasteiger partial charge in [0.25, 0.3) is 11.8 Å². The third kappa shape index (κ3) is 4.18. The Hall–Kier alpha value is -3.57. The highest BCUT2D eigenvalue weighted by atomic mass is 35.5. The summed E-state index contributed by atoms with van der Waals surface area (Å²) in [7, 11) is 1.58. The van der Waals surface area contributed by atoms with E-state index >= 15 is 0 Å². The zero-order chi connectivity index (χ0) is 22.0. The second-order valence-electron chi connectivity index (χ2n) is 7.24. The van der Waals surface area contributed by atoms with Gasteiger partial charge in [0.15, 0.2) is 0 Å². The Morgan fingerprint density at radius 3 is 2.23 bits per heavy atom. The molecule has 2 amide bonds. The second-order valence-corrected chi connectivity index (χ2v) is 7.68. The number of anilines is 1. The number of aryl methyl sites for hydroxylation is 1. The topological polar surface area (TPSA) is 58.6 Å². The number of methoxy groups -OCH3 is 1. The summed E-state index contributed by atoms with van der Waals surface area (Å²) in [5.41, 5.74) is 3.81. The quantitative estimate of drug-likeness (QED) is 0.554. The number of hydrogen-bond donors (Lipinski definition) is 1. The van der Waals surface area contributed by atoms with Gasteiger partial charge in [-0.05, 0) is 53.9 Å². The van der Waals surface area contributed by atoms with Crippen molar-refractivity contribution in [2.24, 2.45) is 0 Å². The number of ether oxygens (including phenoxy) is 1. The lowest BCUT2D eigenvalue weighted by Crippen LogP contribution is -2.32. The molecule has 0 aromatic heterocycles. The molecule has 1 N–H and O–H groups in total. The number of halogens is 1. The summed E-state index contributed by atoms with van der Waals surface area (Å²) in [6.45, 7) is 2.11. The third-order valence-corrected chi connectivity index (χ3v) is 5.46. The Morgan fingerprint density at radius 1 is 0.903 bits per heavy atom. The van der Waals surface area contributed by atoms with E-state index < -0.39 is 0 Å². The fourth-order valence-electron chi connectivity index (χ4n) is 3.48. The van der Waals surface area contributed by atoms with Crippen molar-refractivity contribution in [3.63, 3.8) is 0 Å². The van der Waals surface area contributed by atoms with Crippen LogP contribution in [0.3, 0.4) is 0 Å². The van der Waals surface area contributed by atoms with Crippen LogP contribution in [0.4, 0.5) is 5.69 Å². The van der Waals surface area contributed by atoms with E-state index in [0.717, 1.165) is 16.8 Å². The highest BCUT2D eigenvalue weighted by Gasteiger charge is 2.39. The molecular formula is C25H21ClN2O3. The molecule has 0 saturated heterocycles. The van der Waals surface area contributed by atoms with Crippen molar-refractivity contribution in [1.82, 2.24) is 4.90 Å². The van der Waals surface area contributed by atoms with Gasteiger partial charge in [-0.15, -0.1) is 0 Å². The summed E-state index contributed by atoms with van der Waals surface area (Å²) in [5.74, 6) is -0.0391. The SMILES string of the molecule is COc1ccc(C2=C(Nc3ccccc3C)C(=O)N(Cc3ccc(Cl)cc3)C2=O)cc1. The maximum atomic E-state index is 13.4. The summed E-state index contributed by atoms with van der Waals surface area (Å²) >= 11 is 5.97. The molecule has 1 heterocycles. The van der Waals surface area contributed by atoms with Crippen LogP contribution < -0.4 is 10.1 Å². The van der Waals surface area contributed by atoms with Crippen molar-refractivity contribution in [1.29, 1.82) is 0 Å². The molecule has 0 saturated carbocycles. The van der Waals surface area contributed by atoms with Gasteiger partial charge in [-0.2, -0.15) is 0 Å². The Labute approximate surface area is 185 Å². The zero-order valence-electron chi connectivity index (χ0n) is 17.2. The Kier molecular flexibility index (Phi) is 5.78. The van der Waals surface area contributed by atoms with E-state index in [4.69, 9.17) is 16.3 Å². The normalized spacial score (nSPS) is 13.7. The van der Waals surface area contributed by atoms with Crippen LogP contribution >= 0.6 is 11.6 Å². The predicted octanol–water partition coefficient (Wildman–Crippen LogP) is 5.05. The van der Waals surface area contributed by atoms with Gasteiger partial charge in [0, 0.05) is 10.7 Å². The van der Waals surface area contributed by atoms with Crippen LogP contribution in [-0.4, -0.2) is 23.8 Å². The Morgan fingerprint density at radius 2 is 1.58 bits per heavy atom. The van der Waals surface area contributed by atoms with Crippen LogP contribution in [0, 0.1) is 6.92 Å². The minimum Gasteiger partial charge on any atom is -0.497 e. The molecule has 0 aliphatic carbocycles. The molecule has 1 aliphatic rings. The average molecular weight is 433 g/mol. The number of nitrogens with one attached hydrogen (secondary N) is 1. The molecule has 5 nitrogen and oxygen atoms in total. The molecule has 0 bridgehead atoms. The molecule has 6 heteroatoms. The van der Waals surface area contributed by atoms with E-state index in [2.05, 4.69) is 5.32 Å². The maximum Gasteiger partial charge on any atom is 0.278 e. The van der Waals surface area contributed by atoms with Crippen molar-refractivity contribution in [3.05, 3.63) is 100 Å². The number of nitrogens with zero attached hydrogens (tertiary/aromatic N) is 1. The molecule has 0 radical (unpaired) electrons. The van der Waals surface area contributed by atoms with Crippen molar-refractivity contribution in [2.45, 2.75) is 13.5 Å². The Bertz CT molecular complexity index is 1170. The molecule has 4 rings (SSSR count). The minimum absolute atomic E-state index is 0.160. The summed E-state index contributed by atoms with van der Waals surface area (Å²) in [4.78, 5) is 28.0. The summed E-state index contributed by atoms with van der Waals surface area (Å²) in [5, 5.41) is 3.81. The van der Waals surface area contributed by atoms with Crippen LogP contribution in [0.15, 0.2) is 78.5 Å². The molecule has 1 aliphatic heterocycles. The van der Waals surface area contributed by atoms with Crippen LogP contribution in [0.25, 0.3) is 5.57 Å². The van der Waals surface area contributed by atoms with Gasteiger partial charge in [-0.25, -0.2) is 0 Å². The van der Waals surface area contributed by atoms with Gasteiger partial charge in [-0.1, -0.05) is 54.1 Å². The molecule has 0 unspecified atom stereocenters. The first-order valence-corrected chi connectivity index (χ1v) is 10.2. The number of rotatable bonds is 6. The molecule has 156 valence electrons.